The number of hydrazone groups is 2. The lowest BCUT2D eigenvalue weighted by Gasteiger charge is -2.19. The molecular weight excluding hydrogens is 519 g/mol. The van der Waals surface area contributed by atoms with Gasteiger partial charge in [0.05, 0.1) is 22.8 Å². The number of hydrogen-bond donors (Lipinski definition) is 0. The molecule has 0 radical (unpaired) electrons. The van der Waals surface area contributed by atoms with Crippen LogP contribution in [0.25, 0.3) is 0 Å². The minimum atomic E-state index is -1.26. The molecule has 2 atom stereocenters. The predicted molar refractivity (Wildman–Crippen MR) is 143 cm³/mol. The number of nitrogens with zero attached hydrogens (tertiary/aromatic N) is 4. The number of halogens is 3. The van der Waals surface area contributed by atoms with Crippen molar-refractivity contribution in [2.75, 3.05) is 10.0 Å². The van der Waals surface area contributed by atoms with Crippen LogP contribution in [0.2, 0.25) is 15.1 Å². The van der Waals surface area contributed by atoms with Crippen LogP contribution >= 0.6 is 34.8 Å². The topological polar surface area (TPSA) is 65.3 Å². The van der Waals surface area contributed by atoms with Crippen LogP contribution < -0.4 is 10.0 Å². The van der Waals surface area contributed by atoms with Gasteiger partial charge in [-0.1, -0.05) is 53.0 Å². The Hall–Kier alpha value is -3.19. The summed E-state index contributed by atoms with van der Waals surface area (Å²) >= 11 is 18.8. The first kappa shape index (κ1) is 23.2. The van der Waals surface area contributed by atoms with E-state index >= 15 is 0 Å². The van der Waals surface area contributed by atoms with Gasteiger partial charge in [-0.15, -0.1) is 0 Å². The SMILES string of the molecule is CC1=NN(c2ccc(Cl)cc2)C(=O)C12C(c1ccccc1Cl)C21C(=O)N(c2ccc(Cl)cc2)N=C1C. The van der Waals surface area contributed by atoms with E-state index in [1.807, 2.05) is 18.2 Å². The highest BCUT2D eigenvalue weighted by Crippen LogP contribution is 2.79. The highest BCUT2D eigenvalue weighted by molar-refractivity contribution is 6.38. The fourth-order valence-electron chi connectivity index (χ4n) is 5.93. The van der Waals surface area contributed by atoms with Gasteiger partial charge in [-0.25, -0.2) is 0 Å². The first-order valence-corrected chi connectivity index (χ1v) is 12.4. The first-order chi connectivity index (χ1) is 17.2. The molecule has 0 N–H and O–H groups in total. The Morgan fingerprint density at radius 3 is 1.50 bits per heavy atom. The molecule has 1 fully saturated rings. The van der Waals surface area contributed by atoms with Gasteiger partial charge in [0.15, 0.2) is 0 Å². The average molecular weight is 538 g/mol. The average Bonchev–Trinajstić information content (AvgIpc) is 3.33. The number of anilines is 2. The Morgan fingerprint density at radius 2 is 1.08 bits per heavy atom. The van der Waals surface area contributed by atoms with Crippen molar-refractivity contribution in [2.24, 2.45) is 21.0 Å². The van der Waals surface area contributed by atoms with E-state index in [9.17, 15) is 9.59 Å². The minimum absolute atomic E-state index is 0.298. The van der Waals surface area contributed by atoms with E-state index in [2.05, 4.69) is 10.2 Å². The monoisotopic (exact) mass is 536 g/mol. The van der Waals surface area contributed by atoms with E-state index in [0.717, 1.165) is 0 Å². The molecule has 180 valence electrons. The zero-order valence-electron chi connectivity index (χ0n) is 19.2. The van der Waals surface area contributed by atoms with Crippen molar-refractivity contribution in [3.8, 4) is 0 Å². The summed E-state index contributed by atoms with van der Waals surface area (Å²) in [6.07, 6.45) is 0. The first-order valence-electron chi connectivity index (χ1n) is 11.3. The summed E-state index contributed by atoms with van der Waals surface area (Å²) in [4.78, 5) is 28.6. The molecule has 9 heteroatoms. The molecule has 3 aromatic rings. The highest BCUT2D eigenvalue weighted by atomic mass is 35.5. The van der Waals surface area contributed by atoms with Crippen molar-refractivity contribution in [1.29, 1.82) is 0 Å². The maximum absolute atomic E-state index is 14.3. The van der Waals surface area contributed by atoms with Crippen molar-refractivity contribution in [2.45, 2.75) is 19.8 Å². The Bertz CT molecular complexity index is 1410. The van der Waals surface area contributed by atoms with Crippen molar-refractivity contribution in [3.05, 3.63) is 93.4 Å². The maximum atomic E-state index is 14.3. The van der Waals surface area contributed by atoms with E-state index < -0.39 is 16.7 Å². The van der Waals surface area contributed by atoms with Gasteiger partial charge in [0.2, 0.25) is 0 Å². The van der Waals surface area contributed by atoms with Crippen LogP contribution in [0.5, 0.6) is 0 Å². The Kier molecular flexibility index (Phi) is 5.10. The predicted octanol–water partition coefficient (Wildman–Crippen LogP) is 6.56. The zero-order chi connectivity index (χ0) is 25.4. The summed E-state index contributed by atoms with van der Waals surface area (Å²) in [7, 11) is 0. The van der Waals surface area contributed by atoms with Crippen LogP contribution in [-0.4, -0.2) is 23.2 Å². The molecule has 3 aromatic carbocycles. The Morgan fingerprint density at radius 1 is 0.667 bits per heavy atom. The molecular formula is C27H19Cl3N4O2. The third-order valence-electron chi connectivity index (χ3n) is 7.46. The zero-order valence-corrected chi connectivity index (χ0v) is 21.5. The standard InChI is InChI=1S/C27H19Cl3N4O2/c1-15-26(24(35)33(31-15)19-11-7-17(28)8-12-19)23(21-5-3-4-6-22(21)30)27(26)16(2)32-34(25(27)36)20-13-9-18(29)10-14-20/h3-14,23H,1-2H3. The van der Waals surface area contributed by atoms with E-state index in [-0.39, 0.29) is 11.8 Å². The largest absolute Gasteiger partial charge is 0.271 e. The lowest BCUT2D eigenvalue weighted by molar-refractivity contribution is -0.126. The van der Waals surface area contributed by atoms with Crippen LogP contribution in [0.1, 0.15) is 25.3 Å². The molecule has 1 aliphatic carbocycles. The van der Waals surface area contributed by atoms with Crippen LogP contribution in [0, 0.1) is 10.8 Å². The third kappa shape index (κ3) is 2.80. The van der Waals surface area contributed by atoms with E-state index in [4.69, 9.17) is 34.8 Å². The number of hydrogen-bond acceptors (Lipinski definition) is 4. The van der Waals surface area contributed by atoms with Gasteiger partial charge < -0.3 is 0 Å². The quantitative estimate of drug-likeness (QED) is 0.380. The fraction of sp³-hybridized carbons (Fsp3) is 0.185. The number of rotatable bonds is 3. The van der Waals surface area contributed by atoms with Crippen molar-refractivity contribution >= 4 is 69.4 Å². The summed E-state index contributed by atoms with van der Waals surface area (Å²) in [5.74, 6) is -1.16. The van der Waals surface area contributed by atoms with Crippen LogP contribution in [0.4, 0.5) is 11.4 Å². The molecule has 0 aromatic heterocycles. The molecule has 6 nitrogen and oxygen atoms in total. The van der Waals surface area contributed by atoms with E-state index in [1.54, 1.807) is 68.4 Å². The number of amides is 2. The summed E-state index contributed by atoms with van der Waals surface area (Å²) in [5.41, 5.74) is 0.389. The molecule has 36 heavy (non-hydrogen) atoms. The molecule has 6 rings (SSSR count). The molecule has 2 unspecified atom stereocenters. The molecule has 0 saturated heterocycles. The summed E-state index contributed by atoms with van der Waals surface area (Å²) < 4.78 is 0. The van der Waals surface area contributed by atoms with Crippen molar-refractivity contribution in [1.82, 2.24) is 0 Å². The molecule has 2 spiro atoms. The van der Waals surface area contributed by atoms with Gasteiger partial charge in [-0.2, -0.15) is 20.2 Å². The van der Waals surface area contributed by atoms with Gasteiger partial charge >= 0.3 is 0 Å². The van der Waals surface area contributed by atoms with Gasteiger partial charge in [0.1, 0.15) is 10.8 Å². The number of fused-ring (bicyclic) bond motifs is 1. The normalized spacial score (nSPS) is 26.8. The second kappa shape index (κ2) is 7.90. The fourth-order valence-corrected chi connectivity index (χ4v) is 6.43. The Labute approximate surface area is 222 Å². The van der Waals surface area contributed by atoms with Gasteiger partial charge in [-0.05, 0) is 74.0 Å². The second-order valence-corrected chi connectivity index (χ2v) is 10.4. The highest BCUT2D eigenvalue weighted by Gasteiger charge is 2.91. The van der Waals surface area contributed by atoms with Gasteiger partial charge in [0.25, 0.3) is 11.8 Å². The summed E-state index contributed by atoms with van der Waals surface area (Å²) in [5, 5.41) is 13.6. The smallest absolute Gasteiger partial charge is 0.261 e. The van der Waals surface area contributed by atoms with Gasteiger partial charge in [-0.3, -0.25) is 9.59 Å². The third-order valence-corrected chi connectivity index (χ3v) is 8.31. The summed E-state index contributed by atoms with van der Waals surface area (Å²) in [6.45, 7) is 3.58. The van der Waals surface area contributed by atoms with E-state index in [0.29, 0.717) is 43.4 Å². The van der Waals surface area contributed by atoms with Crippen molar-refractivity contribution in [3.63, 3.8) is 0 Å². The van der Waals surface area contributed by atoms with Gasteiger partial charge in [0, 0.05) is 21.0 Å². The van der Waals surface area contributed by atoms with Crippen LogP contribution in [0.3, 0.4) is 0 Å². The molecule has 2 aliphatic heterocycles. The molecule has 2 amide bonds. The second-order valence-electron chi connectivity index (χ2n) is 9.13. The molecule has 3 aliphatic rings. The molecule has 1 saturated carbocycles. The van der Waals surface area contributed by atoms with Crippen LogP contribution in [-0.2, 0) is 9.59 Å². The molecule has 2 heterocycles. The number of carbonyl (C=O) groups is 2. The van der Waals surface area contributed by atoms with Crippen LogP contribution in [0.15, 0.2) is 83.0 Å². The maximum Gasteiger partial charge on any atom is 0.261 e. The van der Waals surface area contributed by atoms with E-state index in [1.165, 1.54) is 10.0 Å². The number of carbonyl (C=O) groups excluding carboxylic acids is 2. The summed E-state index contributed by atoms with van der Waals surface area (Å²) in [6, 6.07) is 21.0. The van der Waals surface area contributed by atoms with Crippen molar-refractivity contribution < 1.29 is 9.59 Å². The Balaban J connectivity index is 1.53. The number of benzene rings is 3. The molecule has 0 bridgehead atoms. The lowest BCUT2D eigenvalue weighted by atomic mass is 9.85. The lowest BCUT2D eigenvalue weighted by Crippen LogP contribution is -2.40. The minimum Gasteiger partial charge on any atom is -0.271 e.